The molecule has 2 aromatic carbocycles. The molecule has 104 valence electrons. The van der Waals surface area contributed by atoms with Crippen LogP contribution in [0.4, 0.5) is 5.69 Å². The SMILES string of the molecule is Cc1cc(Cl)c(NC(=O)c2cc(Cl)ccc2Br)cc1Cl. The maximum atomic E-state index is 12.2. The number of carbonyl (C=O) groups excluding carboxylic acids is 1. The van der Waals surface area contributed by atoms with Crippen LogP contribution >= 0.6 is 50.7 Å². The molecule has 1 N–H and O–H groups in total. The molecule has 0 fully saturated rings. The molecule has 0 radical (unpaired) electrons. The van der Waals surface area contributed by atoms with E-state index in [1.54, 1.807) is 30.3 Å². The summed E-state index contributed by atoms with van der Waals surface area (Å²) in [7, 11) is 0. The van der Waals surface area contributed by atoms with Crippen LogP contribution in [0.2, 0.25) is 15.1 Å². The van der Waals surface area contributed by atoms with Gasteiger partial charge in [-0.3, -0.25) is 4.79 Å². The Morgan fingerprint density at radius 2 is 1.80 bits per heavy atom. The highest BCUT2D eigenvalue weighted by molar-refractivity contribution is 9.10. The predicted octanol–water partition coefficient (Wildman–Crippen LogP) is 5.97. The smallest absolute Gasteiger partial charge is 0.256 e. The van der Waals surface area contributed by atoms with Gasteiger partial charge in [0.15, 0.2) is 0 Å². The van der Waals surface area contributed by atoms with Crippen LogP contribution in [-0.4, -0.2) is 5.91 Å². The standard InChI is InChI=1S/C14H9BrCl3NO/c1-7-4-12(18)13(6-11(7)17)19-14(20)9-5-8(16)2-3-10(9)15/h2-6H,1H3,(H,19,20). The molecule has 0 heterocycles. The van der Waals surface area contributed by atoms with E-state index >= 15 is 0 Å². The molecule has 2 aromatic rings. The normalized spacial score (nSPS) is 10.4. The van der Waals surface area contributed by atoms with Crippen LogP contribution in [0, 0.1) is 6.92 Å². The van der Waals surface area contributed by atoms with Gasteiger partial charge in [0.1, 0.15) is 0 Å². The van der Waals surface area contributed by atoms with Crippen molar-refractivity contribution >= 4 is 62.3 Å². The zero-order valence-corrected chi connectivity index (χ0v) is 14.2. The quantitative estimate of drug-likeness (QED) is 0.669. The van der Waals surface area contributed by atoms with Crippen LogP contribution in [0.3, 0.4) is 0 Å². The number of rotatable bonds is 2. The lowest BCUT2D eigenvalue weighted by molar-refractivity contribution is 0.102. The second-order valence-electron chi connectivity index (χ2n) is 4.16. The highest BCUT2D eigenvalue weighted by Crippen LogP contribution is 2.30. The number of nitrogens with one attached hydrogen (secondary N) is 1. The van der Waals surface area contributed by atoms with E-state index in [0.717, 1.165) is 5.56 Å². The van der Waals surface area contributed by atoms with Gasteiger partial charge in [-0.25, -0.2) is 0 Å². The Kier molecular flexibility index (Phi) is 4.97. The fraction of sp³-hybridized carbons (Fsp3) is 0.0714. The fourth-order valence-corrected chi connectivity index (χ4v) is 2.63. The molecule has 0 aliphatic heterocycles. The molecule has 2 nitrogen and oxygen atoms in total. The Balaban J connectivity index is 2.32. The minimum atomic E-state index is -0.318. The van der Waals surface area contributed by atoms with Crippen LogP contribution in [0.1, 0.15) is 15.9 Å². The largest absolute Gasteiger partial charge is 0.321 e. The van der Waals surface area contributed by atoms with Gasteiger partial charge in [0.2, 0.25) is 0 Å². The first kappa shape index (κ1) is 15.6. The highest BCUT2D eigenvalue weighted by atomic mass is 79.9. The molecule has 0 aliphatic carbocycles. The molecule has 20 heavy (non-hydrogen) atoms. The van der Waals surface area contributed by atoms with Gasteiger partial charge in [0.25, 0.3) is 5.91 Å². The van der Waals surface area contributed by atoms with Gasteiger partial charge in [-0.1, -0.05) is 34.8 Å². The van der Waals surface area contributed by atoms with Crippen LogP contribution in [0.25, 0.3) is 0 Å². The number of hydrogen-bond donors (Lipinski definition) is 1. The lowest BCUT2D eigenvalue weighted by Gasteiger charge is -2.10. The molecule has 0 bridgehead atoms. The first-order chi connectivity index (χ1) is 9.38. The van der Waals surface area contributed by atoms with E-state index < -0.39 is 0 Å². The Bertz CT molecular complexity index is 688. The fourth-order valence-electron chi connectivity index (χ4n) is 1.60. The van der Waals surface area contributed by atoms with E-state index in [-0.39, 0.29) is 5.91 Å². The van der Waals surface area contributed by atoms with Crippen LogP contribution < -0.4 is 5.32 Å². The van der Waals surface area contributed by atoms with E-state index in [4.69, 9.17) is 34.8 Å². The second-order valence-corrected chi connectivity index (χ2v) is 6.26. The molecule has 0 saturated heterocycles. The van der Waals surface area contributed by atoms with Crippen LogP contribution in [0.5, 0.6) is 0 Å². The molecule has 6 heteroatoms. The number of halogens is 4. The molecule has 1 amide bonds. The average molecular weight is 393 g/mol. The summed E-state index contributed by atoms with van der Waals surface area (Å²) >= 11 is 21.3. The number of benzene rings is 2. The van der Waals surface area contributed by atoms with E-state index in [9.17, 15) is 4.79 Å². The minimum Gasteiger partial charge on any atom is -0.321 e. The van der Waals surface area contributed by atoms with Gasteiger partial charge >= 0.3 is 0 Å². The van der Waals surface area contributed by atoms with E-state index in [0.29, 0.717) is 30.8 Å². The predicted molar refractivity (Wildman–Crippen MR) is 88.3 cm³/mol. The monoisotopic (exact) mass is 391 g/mol. The summed E-state index contributed by atoms with van der Waals surface area (Å²) < 4.78 is 0.647. The number of hydrogen-bond acceptors (Lipinski definition) is 1. The lowest BCUT2D eigenvalue weighted by Crippen LogP contribution is -2.13. The zero-order chi connectivity index (χ0) is 14.9. The van der Waals surface area contributed by atoms with E-state index in [1.165, 1.54) is 0 Å². The van der Waals surface area contributed by atoms with Gasteiger partial charge in [0, 0.05) is 14.5 Å². The lowest BCUT2D eigenvalue weighted by atomic mass is 10.2. The van der Waals surface area contributed by atoms with Gasteiger partial charge < -0.3 is 5.32 Å². The van der Waals surface area contributed by atoms with Crippen molar-refractivity contribution in [2.45, 2.75) is 6.92 Å². The molecule has 0 atom stereocenters. The number of amides is 1. The number of anilines is 1. The molecule has 0 saturated carbocycles. The second kappa shape index (κ2) is 6.35. The van der Waals surface area contributed by atoms with Crippen molar-refractivity contribution in [3.05, 3.63) is 61.0 Å². The number of aryl methyl sites for hydroxylation is 1. The van der Waals surface area contributed by atoms with Gasteiger partial charge in [-0.15, -0.1) is 0 Å². The Labute approximate surface area is 140 Å². The third kappa shape index (κ3) is 3.47. The zero-order valence-electron chi connectivity index (χ0n) is 10.3. The molecule has 0 aromatic heterocycles. The van der Waals surface area contributed by atoms with Crippen molar-refractivity contribution in [2.24, 2.45) is 0 Å². The van der Waals surface area contributed by atoms with Crippen molar-refractivity contribution in [1.29, 1.82) is 0 Å². The van der Waals surface area contributed by atoms with E-state index in [1.807, 2.05) is 6.92 Å². The minimum absolute atomic E-state index is 0.318. The molecule has 0 spiro atoms. The molecule has 2 rings (SSSR count). The third-order valence-electron chi connectivity index (χ3n) is 2.67. The maximum Gasteiger partial charge on any atom is 0.256 e. The average Bonchev–Trinajstić information content (AvgIpc) is 2.38. The van der Waals surface area contributed by atoms with Crippen molar-refractivity contribution in [3.63, 3.8) is 0 Å². The first-order valence-electron chi connectivity index (χ1n) is 5.60. The van der Waals surface area contributed by atoms with Gasteiger partial charge in [-0.05, 0) is 58.7 Å². The van der Waals surface area contributed by atoms with Crippen LogP contribution in [-0.2, 0) is 0 Å². The van der Waals surface area contributed by atoms with Crippen molar-refractivity contribution < 1.29 is 4.79 Å². The molecular weight excluding hydrogens is 384 g/mol. The maximum absolute atomic E-state index is 12.2. The highest BCUT2D eigenvalue weighted by Gasteiger charge is 2.13. The Morgan fingerprint density at radius 3 is 2.50 bits per heavy atom. The first-order valence-corrected chi connectivity index (χ1v) is 7.53. The van der Waals surface area contributed by atoms with E-state index in [2.05, 4.69) is 21.2 Å². The Hall–Kier alpha value is -0.740. The summed E-state index contributed by atoms with van der Waals surface area (Å²) in [5.74, 6) is -0.318. The Morgan fingerprint density at radius 1 is 1.10 bits per heavy atom. The van der Waals surface area contributed by atoms with Crippen molar-refractivity contribution in [3.8, 4) is 0 Å². The number of carbonyl (C=O) groups is 1. The molecule has 0 unspecified atom stereocenters. The summed E-state index contributed by atoms with van der Waals surface area (Å²) in [6, 6.07) is 8.30. The summed E-state index contributed by atoms with van der Waals surface area (Å²) in [6.45, 7) is 1.84. The molecular formula is C14H9BrCl3NO. The summed E-state index contributed by atoms with van der Waals surface area (Å²) in [6.07, 6.45) is 0. The van der Waals surface area contributed by atoms with Crippen molar-refractivity contribution in [1.82, 2.24) is 0 Å². The topological polar surface area (TPSA) is 29.1 Å². The summed E-state index contributed by atoms with van der Waals surface area (Å²) in [5.41, 5.74) is 1.73. The van der Waals surface area contributed by atoms with Crippen LogP contribution in [0.15, 0.2) is 34.8 Å². The summed E-state index contributed by atoms with van der Waals surface area (Å²) in [4.78, 5) is 12.2. The summed E-state index contributed by atoms with van der Waals surface area (Å²) in [5, 5.41) is 4.16. The molecule has 0 aliphatic rings. The third-order valence-corrected chi connectivity index (χ3v) is 4.32. The van der Waals surface area contributed by atoms with Crippen molar-refractivity contribution in [2.75, 3.05) is 5.32 Å². The van der Waals surface area contributed by atoms with Gasteiger partial charge in [0.05, 0.1) is 16.3 Å². The van der Waals surface area contributed by atoms with Gasteiger partial charge in [-0.2, -0.15) is 0 Å².